The summed E-state index contributed by atoms with van der Waals surface area (Å²) in [5, 5.41) is 34.1. The van der Waals surface area contributed by atoms with E-state index in [2.05, 4.69) is 10.3 Å². The van der Waals surface area contributed by atoms with E-state index in [9.17, 15) is 24.9 Å². The van der Waals surface area contributed by atoms with E-state index in [0.29, 0.717) is 17.9 Å². The Morgan fingerprint density at radius 3 is 2.87 bits per heavy atom. The van der Waals surface area contributed by atoms with Crippen LogP contribution in [0, 0.1) is 11.8 Å². The second kappa shape index (κ2) is 7.59. The molecule has 0 aliphatic carbocycles. The molecule has 0 saturated carbocycles. The Bertz CT molecular complexity index is 1050. The van der Waals surface area contributed by atoms with E-state index in [0.717, 1.165) is 9.71 Å². The number of hydrogen-bond acceptors (Lipinski definition) is 8. The summed E-state index contributed by atoms with van der Waals surface area (Å²) < 4.78 is 1.88. The van der Waals surface area contributed by atoms with Crippen molar-refractivity contribution >= 4 is 39.8 Å². The number of aliphatic carboxylic acids is 1. The first-order valence-electron chi connectivity index (χ1n) is 10.3. The summed E-state index contributed by atoms with van der Waals surface area (Å²) in [5.74, 6) is -2.14. The Balaban J connectivity index is 1.31. The first-order valence-corrected chi connectivity index (χ1v) is 12.0. The van der Waals surface area contributed by atoms with Crippen molar-refractivity contribution in [1.82, 2.24) is 19.6 Å². The summed E-state index contributed by atoms with van der Waals surface area (Å²) in [7, 11) is 0. The molecule has 1 unspecified atom stereocenters. The molecule has 2 saturated heterocycles. The first-order chi connectivity index (χ1) is 14.8. The van der Waals surface area contributed by atoms with Gasteiger partial charge in [0.05, 0.1) is 35.5 Å². The maximum atomic E-state index is 12.5. The van der Waals surface area contributed by atoms with Crippen molar-refractivity contribution in [2.75, 3.05) is 6.54 Å². The normalized spacial score (nSPS) is 32.5. The molecular formula is C20H24N4O5S2. The van der Waals surface area contributed by atoms with Gasteiger partial charge in [0.1, 0.15) is 16.6 Å². The van der Waals surface area contributed by atoms with Crippen molar-refractivity contribution in [2.45, 2.75) is 49.8 Å². The highest BCUT2D eigenvalue weighted by Crippen LogP contribution is 2.52. The van der Waals surface area contributed by atoms with E-state index in [-0.39, 0.29) is 34.9 Å². The highest BCUT2D eigenvalue weighted by Gasteiger charge is 2.60. The molecule has 5 heterocycles. The molecular weight excluding hydrogens is 440 g/mol. The third-order valence-corrected chi connectivity index (χ3v) is 9.14. The predicted octanol–water partition coefficient (Wildman–Crippen LogP) is 1.05. The summed E-state index contributed by atoms with van der Waals surface area (Å²) in [4.78, 5) is 32.4. The van der Waals surface area contributed by atoms with Gasteiger partial charge in [-0.15, -0.1) is 23.1 Å². The van der Waals surface area contributed by atoms with Crippen LogP contribution in [0.4, 0.5) is 0 Å². The number of amides is 1. The van der Waals surface area contributed by atoms with Gasteiger partial charge in [-0.05, 0) is 13.3 Å². The van der Waals surface area contributed by atoms with Crippen LogP contribution in [0.5, 0.6) is 0 Å². The third-order valence-electron chi connectivity index (χ3n) is 6.52. The number of thiazole rings is 1. The summed E-state index contributed by atoms with van der Waals surface area (Å²) >= 11 is 2.98. The quantitative estimate of drug-likeness (QED) is 0.467. The van der Waals surface area contributed by atoms with Gasteiger partial charge in [-0.3, -0.25) is 9.20 Å². The lowest BCUT2D eigenvalue weighted by Gasteiger charge is -2.46. The number of hydrogen-bond donors (Lipinski definition) is 4. The van der Waals surface area contributed by atoms with Crippen LogP contribution in [0.2, 0.25) is 0 Å². The van der Waals surface area contributed by atoms with Crippen molar-refractivity contribution in [3.8, 4) is 0 Å². The molecule has 7 atom stereocenters. The molecule has 166 valence electrons. The van der Waals surface area contributed by atoms with E-state index >= 15 is 0 Å². The number of carbonyl (C=O) groups is 2. The summed E-state index contributed by atoms with van der Waals surface area (Å²) in [6, 6.07) is -0.441. The Morgan fingerprint density at radius 2 is 2.19 bits per heavy atom. The average molecular weight is 465 g/mol. The minimum absolute atomic E-state index is 0.0503. The van der Waals surface area contributed by atoms with Gasteiger partial charge in [-0.25, -0.2) is 9.78 Å². The van der Waals surface area contributed by atoms with Crippen molar-refractivity contribution in [2.24, 2.45) is 11.8 Å². The number of β-lactam (4-membered cyclic amide) rings is 1. The third kappa shape index (κ3) is 3.21. The maximum absolute atomic E-state index is 12.5. The van der Waals surface area contributed by atoms with E-state index in [1.165, 1.54) is 28.0 Å². The minimum atomic E-state index is -1.11. The van der Waals surface area contributed by atoms with Crippen molar-refractivity contribution in [3.63, 3.8) is 0 Å². The number of aliphatic hydroxyl groups excluding tert-OH is 2. The summed E-state index contributed by atoms with van der Waals surface area (Å²) in [6.07, 6.45) is 4.56. The van der Waals surface area contributed by atoms with E-state index in [4.69, 9.17) is 0 Å². The van der Waals surface area contributed by atoms with E-state index in [1.807, 2.05) is 17.5 Å². The van der Waals surface area contributed by atoms with Gasteiger partial charge in [0.15, 0.2) is 0 Å². The molecule has 2 aromatic heterocycles. The largest absolute Gasteiger partial charge is 0.477 e. The molecule has 2 fully saturated rings. The Morgan fingerprint density at radius 1 is 1.42 bits per heavy atom. The highest BCUT2D eigenvalue weighted by molar-refractivity contribution is 8.03. The van der Waals surface area contributed by atoms with Gasteiger partial charge < -0.3 is 25.5 Å². The topological polar surface area (TPSA) is 127 Å². The molecule has 0 radical (unpaired) electrons. The highest BCUT2D eigenvalue weighted by atomic mass is 32.2. The number of carbonyl (C=O) groups excluding carboxylic acids is 1. The molecule has 3 aliphatic heterocycles. The fourth-order valence-electron chi connectivity index (χ4n) is 5.01. The van der Waals surface area contributed by atoms with Gasteiger partial charge in [-0.1, -0.05) is 6.92 Å². The molecule has 11 heteroatoms. The van der Waals surface area contributed by atoms with Crippen LogP contribution in [0.15, 0.2) is 29.3 Å². The van der Waals surface area contributed by atoms with E-state index < -0.39 is 24.1 Å². The SMILES string of the molecule is C[C@@H](O)[C@H]1C(=O)N2C(C(=O)O)=C(S[C@@H]3CN[C@H](C(O)c4cn5cncc5s4)C3)[C@H](C)[C@H]12. The fourth-order valence-corrected chi connectivity index (χ4v) is 7.51. The minimum Gasteiger partial charge on any atom is -0.477 e. The van der Waals surface area contributed by atoms with Gasteiger partial charge >= 0.3 is 5.97 Å². The molecule has 5 rings (SSSR count). The molecule has 2 aromatic rings. The van der Waals surface area contributed by atoms with Crippen LogP contribution in [-0.4, -0.2) is 71.5 Å². The van der Waals surface area contributed by atoms with Crippen LogP contribution in [-0.2, 0) is 9.59 Å². The number of aromatic nitrogens is 2. The predicted molar refractivity (Wildman–Crippen MR) is 115 cm³/mol. The molecule has 4 N–H and O–H groups in total. The van der Waals surface area contributed by atoms with Gasteiger partial charge in [-0.2, -0.15) is 0 Å². The van der Waals surface area contributed by atoms with Crippen LogP contribution in [0.25, 0.3) is 4.83 Å². The molecule has 1 amide bonds. The lowest BCUT2D eigenvalue weighted by atomic mass is 9.79. The fraction of sp³-hybridized carbons (Fsp3) is 0.550. The van der Waals surface area contributed by atoms with Crippen LogP contribution >= 0.6 is 23.1 Å². The van der Waals surface area contributed by atoms with Crippen molar-refractivity contribution < 1.29 is 24.9 Å². The van der Waals surface area contributed by atoms with E-state index in [1.54, 1.807) is 19.4 Å². The number of nitrogens with one attached hydrogen (secondary N) is 1. The molecule has 0 aromatic carbocycles. The van der Waals surface area contributed by atoms with Crippen molar-refractivity contribution in [1.29, 1.82) is 0 Å². The number of aliphatic hydroxyl groups is 2. The number of fused-ring (bicyclic) bond motifs is 2. The Kier molecular flexibility index (Phi) is 5.13. The molecule has 9 nitrogen and oxygen atoms in total. The number of carboxylic acids is 1. The molecule has 31 heavy (non-hydrogen) atoms. The Labute approximate surface area is 186 Å². The second-order valence-electron chi connectivity index (χ2n) is 8.48. The summed E-state index contributed by atoms with van der Waals surface area (Å²) in [6.45, 7) is 4.14. The zero-order chi connectivity index (χ0) is 22.0. The Hall–Kier alpha value is -1.92. The molecule has 3 aliphatic rings. The summed E-state index contributed by atoms with van der Waals surface area (Å²) in [5.41, 5.74) is 0.0503. The van der Waals surface area contributed by atoms with Gasteiger partial charge in [0, 0.05) is 34.9 Å². The number of rotatable bonds is 6. The van der Waals surface area contributed by atoms with Crippen LogP contribution in [0.1, 0.15) is 31.2 Å². The molecule has 0 spiro atoms. The number of carboxylic acid groups (broad SMARTS) is 1. The maximum Gasteiger partial charge on any atom is 0.353 e. The lowest BCUT2D eigenvalue weighted by Crippen LogP contribution is -2.63. The van der Waals surface area contributed by atoms with Gasteiger partial charge in [0.25, 0.3) is 0 Å². The average Bonchev–Trinajstić information content (AvgIpc) is 3.45. The zero-order valence-corrected chi connectivity index (χ0v) is 18.6. The van der Waals surface area contributed by atoms with Gasteiger partial charge in [0.2, 0.25) is 5.91 Å². The van der Waals surface area contributed by atoms with Crippen LogP contribution in [0.3, 0.4) is 0 Å². The standard InChI is InChI=1S/C20H24N4O5S2/c1-8-15-14(9(2)25)19(27)24(15)16(20(28)29)18(8)30-10-3-11(22-4-10)17(26)12-6-23-7-21-5-13(23)31-12/h5-11,14-15,17,22,25-26H,3-4H2,1-2H3,(H,28,29)/t8-,9-,10+,11+,14-,15-,17?/m1/s1. The number of imidazole rings is 1. The van der Waals surface area contributed by atoms with Crippen molar-refractivity contribution in [3.05, 3.63) is 34.2 Å². The lowest BCUT2D eigenvalue weighted by molar-refractivity contribution is -0.163. The number of nitrogens with zero attached hydrogens (tertiary/aromatic N) is 3. The number of thioether (sulfide) groups is 1. The monoisotopic (exact) mass is 464 g/mol. The van der Waals surface area contributed by atoms with Crippen LogP contribution < -0.4 is 5.32 Å². The smallest absolute Gasteiger partial charge is 0.353 e. The molecule has 0 bridgehead atoms. The zero-order valence-electron chi connectivity index (χ0n) is 17.0. The first kappa shape index (κ1) is 21.0. The second-order valence-corrected chi connectivity index (χ2v) is 10.9.